The lowest BCUT2D eigenvalue weighted by Gasteiger charge is -2.06. The van der Waals surface area contributed by atoms with Crippen molar-refractivity contribution in [3.63, 3.8) is 0 Å². The summed E-state index contributed by atoms with van der Waals surface area (Å²) in [5.74, 6) is 1.79. The number of ether oxygens (including phenoxy) is 3. The number of hydrogen-bond acceptors (Lipinski definition) is 4. The summed E-state index contributed by atoms with van der Waals surface area (Å²) in [6, 6.07) is 11.2. The van der Waals surface area contributed by atoms with E-state index in [1.165, 1.54) is 0 Å². The van der Waals surface area contributed by atoms with Crippen LogP contribution in [-0.4, -0.2) is 19.7 Å². The second-order valence-corrected chi connectivity index (χ2v) is 4.97. The predicted molar refractivity (Wildman–Crippen MR) is 83.7 cm³/mol. The van der Waals surface area contributed by atoms with Crippen molar-refractivity contribution in [3.05, 3.63) is 59.2 Å². The molecule has 1 aliphatic rings. The van der Waals surface area contributed by atoms with Gasteiger partial charge in [-0.05, 0) is 36.3 Å². The molecule has 4 heteroatoms. The molecule has 3 rings (SSSR count). The van der Waals surface area contributed by atoms with Crippen LogP contribution in [0.5, 0.6) is 17.2 Å². The van der Waals surface area contributed by atoms with Crippen LogP contribution >= 0.6 is 0 Å². The summed E-state index contributed by atoms with van der Waals surface area (Å²) in [5, 5.41) is 0. The Labute approximate surface area is 128 Å². The number of carbonyl (C=O) groups is 1. The molecule has 0 fully saturated rings. The topological polar surface area (TPSA) is 44.8 Å². The van der Waals surface area contributed by atoms with Gasteiger partial charge in [0.25, 0.3) is 0 Å². The van der Waals surface area contributed by atoms with E-state index in [2.05, 4.69) is 0 Å². The first kappa shape index (κ1) is 14.2. The summed E-state index contributed by atoms with van der Waals surface area (Å²) >= 11 is 0. The fourth-order valence-electron chi connectivity index (χ4n) is 2.36. The molecule has 0 spiro atoms. The molecule has 2 aromatic rings. The van der Waals surface area contributed by atoms with Crippen molar-refractivity contribution in [2.75, 3.05) is 13.9 Å². The summed E-state index contributed by atoms with van der Waals surface area (Å²) < 4.78 is 16.0. The summed E-state index contributed by atoms with van der Waals surface area (Å²) in [6.07, 6.45) is 3.30. The molecule has 4 nitrogen and oxygen atoms in total. The van der Waals surface area contributed by atoms with Crippen molar-refractivity contribution in [2.24, 2.45) is 0 Å². The Kier molecular flexibility index (Phi) is 3.83. The van der Waals surface area contributed by atoms with Crippen molar-refractivity contribution in [2.45, 2.75) is 6.92 Å². The van der Waals surface area contributed by atoms with Crippen LogP contribution in [0.25, 0.3) is 6.08 Å². The van der Waals surface area contributed by atoms with Gasteiger partial charge >= 0.3 is 0 Å². The van der Waals surface area contributed by atoms with Gasteiger partial charge in [-0.15, -0.1) is 0 Å². The molecule has 2 aromatic carbocycles. The number of ketones is 1. The molecule has 0 atom stereocenters. The van der Waals surface area contributed by atoms with E-state index < -0.39 is 0 Å². The maximum Gasteiger partial charge on any atom is 0.231 e. The summed E-state index contributed by atoms with van der Waals surface area (Å²) in [4.78, 5) is 12.3. The van der Waals surface area contributed by atoms with Crippen molar-refractivity contribution in [1.82, 2.24) is 0 Å². The maximum atomic E-state index is 12.3. The molecule has 0 N–H and O–H groups in total. The molecule has 112 valence electrons. The van der Waals surface area contributed by atoms with E-state index >= 15 is 0 Å². The van der Waals surface area contributed by atoms with Crippen LogP contribution in [0.1, 0.15) is 21.5 Å². The quantitative estimate of drug-likeness (QED) is 0.638. The molecule has 0 amide bonds. The first-order chi connectivity index (χ1) is 10.7. The number of fused-ring (bicyclic) bond motifs is 1. The second kappa shape index (κ2) is 5.93. The van der Waals surface area contributed by atoms with Gasteiger partial charge in [-0.3, -0.25) is 4.79 Å². The van der Waals surface area contributed by atoms with Crippen LogP contribution in [0.3, 0.4) is 0 Å². The van der Waals surface area contributed by atoms with Crippen LogP contribution in [0.4, 0.5) is 0 Å². The van der Waals surface area contributed by atoms with E-state index in [0.29, 0.717) is 22.8 Å². The standard InChI is InChI=1S/C18H16O4/c1-12-5-3-4-6-14(12)15(19)8-7-13-9-16(20-2)18-17(10-13)21-11-22-18/h3-10H,11H2,1-2H3/b8-7+. The highest BCUT2D eigenvalue weighted by Crippen LogP contribution is 2.42. The Morgan fingerprint density at radius 3 is 2.82 bits per heavy atom. The number of carbonyl (C=O) groups excluding carboxylic acids is 1. The lowest BCUT2D eigenvalue weighted by Crippen LogP contribution is -1.97. The van der Waals surface area contributed by atoms with Crippen LogP contribution < -0.4 is 14.2 Å². The SMILES string of the molecule is COc1cc(/C=C/C(=O)c2ccccc2C)cc2c1OCO2. The number of hydrogen-bond donors (Lipinski definition) is 0. The first-order valence-corrected chi connectivity index (χ1v) is 6.94. The molecular formula is C18H16O4. The van der Waals surface area contributed by atoms with Crippen LogP contribution in [0.15, 0.2) is 42.5 Å². The summed E-state index contributed by atoms with van der Waals surface area (Å²) in [6.45, 7) is 2.10. The lowest BCUT2D eigenvalue weighted by molar-refractivity contribution is 0.104. The number of rotatable bonds is 4. The third kappa shape index (κ3) is 2.68. The molecule has 0 saturated heterocycles. The second-order valence-electron chi connectivity index (χ2n) is 4.97. The van der Waals surface area contributed by atoms with Gasteiger partial charge in [0.05, 0.1) is 7.11 Å². The van der Waals surface area contributed by atoms with Gasteiger partial charge in [-0.2, -0.15) is 0 Å². The Morgan fingerprint density at radius 1 is 1.23 bits per heavy atom. The van der Waals surface area contributed by atoms with E-state index in [-0.39, 0.29) is 12.6 Å². The summed E-state index contributed by atoms with van der Waals surface area (Å²) in [7, 11) is 1.57. The van der Waals surface area contributed by atoms with Crippen molar-refractivity contribution in [1.29, 1.82) is 0 Å². The zero-order chi connectivity index (χ0) is 15.5. The zero-order valence-electron chi connectivity index (χ0n) is 12.5. The van der Waals surface area contributed by atoms with Crippen molar-refractivity contribution < 1.29 is 19.0 Å². The minimum absolute atomic E-state index is 0.0327. The number of aryl methyl sites for hydroxylation is 1. The normalized spacial score (nSPS) is 12.6. The molecule has 0 bridgehead atoms. The fourth-order valence-corrected chi connectivity index (χ4v) is 2.36. The van der Waals surface area contributed by atoms with E-state index in [0.717, 1.165) is 11.1 Å². The molecule has 0 saturated carbocycles. The van der Waals surface area contributed by atoms with Gasteiger partial charge in [-0.1, -0.05) is 30.3 Å². The number of methoxy groups -OCH3 is 1. The smallest absolute Gasteiger partial charge is 0.231 e. The molecule has 1 aliphatic heterocycles. The third-order valence-electron chi connectivity index (χ3n) is 3.52. The highest BCUT2D eigenvalue weighted by Gasteiger charge is 2.19. The Balaban J connectivity index is 1.87. The molecule has 22 heavy (non-hydrogen) atoms. The zero-order valence-corrected chi connectivity index (χ0v) is 12.5. The molecule has 0 unspecified atom stereocenters. The number of benzene rings is 2. The van der Waals surface area contributed by atoms with E-state index in [1.54, 1.807) is 19.3 Å². The van der Waals surface area contributed by atoms with Gasteiger partial charge in [0, 0.05) is 5.56 Å². The Bertz CT molecular complexity index is 747. The van der Waals surface area contributed by atoms with Gasteiger partial charge in [0.15, 0.2) is 17.3 Å². The van der Waals surface area contributed by atoms with E-state index in [9.17, 15) is 4.79 Å². The molecular weight excluding hydrogens is 280 g/mol. The largest absolute Gasteiger partial charge is 0.493 e. The van der Waals surface area contributed by atoms with Crippen molar-refractivity contribution in [3.8, 4) is 17.2 Å². The van der Waals surface area contributed by atoms with E-state index in [4.69, 9.17) is 14.2 Å². The van der Waals surface area contributed by atoms with Crippen molar-refractivity contribution >= 4 is 11.9 Å². The Hall–Kier alpha value is -2.75. The predicted octanol–water partition coefficient (Wildman–Crippen LogP) is 3.63. The average molecular weight is 296 g/mol. The molecule has 0 aliphatic carbocycles. The van der Waals surface area contributed by atoms with Gasteiger partial charge in [0.2, 0.25) is 12.5 Å². The van der Waals surface area contributed by atoms with Gasteiger partial charge < -0.3 is 14.2 Å². The van der Waals surface area contributed by atoms with Gasteiger partial charge in [0.1, 0.15) is 0 Å². The number of allylic oxidation sites excluding steroid dienone is 1. The van der Waals surface area contributed by atoms with Gasteiger partial charge in [-0.25, -0.2) is 0 Å². The molecule has 0 aromatic heterocycles. The molecule has 1 heterocycles. The monoisotopic (exact) mass is 296 g/mol. The highest BCUT2D eigenvalue weighted by molar-refractivity contribution is 6.07. The average Bonchev–Trinajstić information content (AvgIpc) is 3.00. The minimum Gasteiger partial charge on any atom is -0.493 e. The summed E-state index contributed by atoms with van der Waals surface area (Å²) in [5.41, 5.74) is 2.48. The molecule has 0 radical (unpaired) electrons. The van der Waals surface area contributed by atoms with E-state index in [1.807, 2.05) is 43.3 Å². The van der Waals surface area contributed by atoms with Crippen LogP contribution in [0, 0.1) is 6.92 Å². The fraction of sp³-hybridized carbons (Fsp3) is 0.167. The Morgan fingerprint density at radius 2 is 2.05 bits per heavy atom. The minimum atomic E-state index is -0.0327. The maximum absolute atomic E-state index is 12.3. The third-order valence-corrected chi connectivity index (χ3v) is 3.52. The van der Waals surface area contributed by atoms with Crippen LogP contribution in [0.2, 0.25) is 0 Å². The highest BCUT2D eigenvalue weighted by atomic mass is 16.7. The van der Waals surface area contributed by atoms with Crippen LogP contribution in [-0.2, 0) is 0 Å². The first-order valence-electron chi connectivity index (χ1n) is 6.94. The lowest BCUT2D eigenvalue weighted by atomic mass is 10.0.